The summed E-state index contributed by atoms with van der Waals surface area (Å²) < 4.78 is 3.67. The highest BCUT2D eigenvalue weighted by Crippen LogP contribution is 2.31. The van der Waals surface area contributed by atoms with Gasteiger partial charge in [0, 0.05) is 32.3 Å². The lowest BCUT2D eigenvalue weighted by molar-refractivity contribution is 0.475. The van der Waals surface area contributed by atoms with Gasteiger partial charge in [-0.3, -0.25) is 4.68 Å². The Balaban J connectivity index is 1.41. The van der Waals surface area contributed by atoms with Crippen molar-refractivity contribution in [2.75, 3.05) is 18.0 Å². The largest absolute Gasteiger partial charge is 0.356 e. The van der Waals surface area contributed by atoms with Gasteiger partial charge in [0.15, 0.2) is 17.1 Å². The molecule has 1 aliphatic heterocycles. The lowest BCUT2D eigenvalue weighted by Crippen LogP contribution is -2.34. The van der Waals surface area contributed by atoms with E-state index >= 15 is 0 Å². The number of piperidine rings is 1. The van der Waals surface area contributed by atoms with Crippen LogP contribution in [0.5, 0.6) is 0 Å². The number of hydrogen-bond acceptors (Lipinski definition) is 7. The number of nitrogens with zero attached hydrogens (tertiary/aromatic N) is 9. The summed E-state index contributed by atoms with van der Waals surface area (Å²) in [6, 6.07) is 3.93. The van der Waals surface area contributed by atoms with E-state index in [1.165, 1.54) is 0 Å². The molecular formula is C17H19N9. The van der Waals surface area contributed by atoms with Gasteiger partial charge in [-0.15, -0.1) is 10.2 Å². The summed E-state index contributed by atoms with van der Waals surface area (Å²) in [5.41, 5.74) is 2.51. The Morgan fingerprint density at radius 2 is 1.88 bits per heavy atom. The highest BCUT2D eigenvalue weighted by Gasteiger charge is 2.27. The van der Waals surface area contributed by atoms with Crippen LogP contribution in [0.1, 0.15) is 30.3 Å². The Bertz CT molecular complexity index is 1090. The molecule has 0 saturated carbocycles. The van der Waals surface area contributed by atoms with Crippen LogP contribution in [-0.4, -0.2) is 52.6 Å². The van der Waals surface area contributed by atoms with Crippen LogP contribution in [0, 0.1) is 6.92 Å². The van der Waals surface area contributed by atoms with Crippen LogP contribution in [0.25, 0.3) is 16.7 Å². The van der Waals surface area contributed by atoms with Crippen LogP contribution in [0.15, 0.2) is 24.7 Å². The van der Waals surface area contributed by atoms with Gasteiger partial charge in [-0.1, -0.05) is 0 Å². The molecule has 0 N–H and O–H groups in total. The number of anilines is 1. The van der Waals surface area contributed by atoms with Crippen LogP contribution in [0.4, 0.5) is 5.82 Å². The van der Waals surface area contributed by atoms with Gasteiger partial charge in [-0.05, 0) is 31.9 Å². The van der Waals surface area contributed by atoms with E-state index in [0.717, 1.165) is 59.9 Å². The zero-order valence-corrected chi connectivity index (χ0v) is 14.7. The molecule has 0 unspecified atom stereocenters. The average molecular weight is 349 g/mol. The molecule has 0 spiro atoms. The van der Waals surface area contributed by atoms with E-state index < -0.39 is 0 Å². The second kappa shape index (κ2) is 5.72. The molecule has 132 valence electrons. The maximum absolute atomic E-state index is 4.58. The van der Waals surface area contributed by atoms with E-state index in [2.05, 4.69) is 35.3 Å². The van der Waals surface area contributed by atoms with Gasteiger partial charge in [0.25, 0.3) is 0 Å². The molecule has 0 bridgehead atoms. The Morgan fingerprint density at radius 1 is 1.04 bits per heavy atom. The van der Waals surface area contributed by atoms with Crippen LogP contribution < -0.4 is 4.90 Å². The SMILES string of the molecule is Cc1ccc2nnc(C3CCN(c4ncnc5nn(C)cc45)CC3)n2n1. The maximum Gasteiger partial charge on any atom is 0.186 e. The topological polar surface area (TPSA) is 89.9 Å². The molecule has 0 radical (unpaired) electrons. The Labute approximate surface area is 149 Å². The summed E-state index contributed by atoms with van der Waals surface area (Å²) in [6.45, 7) is 3.80. The lowest BCUT2D eigenvalue weighted by Gasteiger charge is -2.32. The molecular weight excluding hydrogens is 330 g/mol. The molecule has 26 heavy (non-hydrogen) atoms. The normalized spacial score (nSPS) is 16.0. The smallest absolute Gasteiger partial charge is 0.186 e. The van der Waals surface area contributed by atoms with Crippen molar-refractivity contribution in [2.24, 2.45) is 7.05 Å². The third kappa shape index (κ3) is 2.39. The molecule has 0 aliphatic carbocycles. The van der Waals surface area contributed by atoms with Crippen LogP contribution in [-0.2, 0) is 7.05 Å². The molecule has 1 saturated heterocycles. The van der Waals surface area contributed by atoms with Crippen LogP contribution >= 0.6 is 0 Å². The van der Waals surface area contributed by atoms with Crippen molar-refractivity contribution in [3.8, 4) is 0 Å². The molecule has 0 atom stereocenters. The molecule has 1 aliphatic rings. The second-order valence-electron chi connectivity index (χ2n) is 6.80. The predicted octanol–water partition coefficient (Wildman–Crippen LogP) is 1.49. The highest BCUT2D eigenvalue weighted by molar-refractivity contribution is 5.86. The van der Waals surface area contributed by atoms with Crippen LogP contribution in [0.3, 0.4) is 0 Å². The molecule has 4 aromatic heterocycles. The molecule has 1 fully saturated rings. The first kappa shape index (κ1) is 15.2. The number of rotatable bonds is 2. The fraction of sp³-hybridized carbons (Fsp3) is 0.412. The van der Waals surface area contributed by atoms with Crippen molar-refractivity contribution in [1.29, 1.82) is 0 Å². The molecule has 0 aromatic carbocycles. The third-order valence-electron chi connectivity index (χ3n) is 4.99. The number of aromatic nitrogens is 8. The molecule has 0 amide bonds. The molecule has 9 heteroatoms. The van der Waals surface area contributed by atoms with Gasteiger partial charge in [-0.2, -0.15) is 14.7 Å². The summed E-state index contributed by atoms with van der Waals surface area (Å²) in [7, 11) is 1.91. The molecule has 5 heterocycles. The van der Waals surface area contributed by atoms with Crippen LogP contribution in [0.2, 0.25) is 0 Å². The first-order valence-corrected chi connectivity index (χ1v) is 8.77. The summed E-state index contributed by atoms with van der Waals surface area (Å²) in [5.74, 6) is 2.26. The zero-order chi connectivity index (χ0) is 17.7. The van der Waals surface area contributed by atoms with E-state index in [1.54, 1.807) is 11.0 Å². The minimum Gasteiger partial charge on any atom is -0.356 e. The Hall–Kier alpha value is -3.10. The quantitative estimate of drug-likeness (QED) is 0.541. The van der Waals surface area contributed by atoms with Gasteiger partial charge in [0.2, 0.25) is 0 Å². The molecule has 5 rings (SSSR count). The molecule has 4 aromatic rings. The highest BCUT2D eigenvalue weighted by atomic mass is 15.4. The predicted molar refractivity (Wildman–Crippen MR) is 96.0 cm³/mol. The first-order valence-electron chi connectivity index (χ1n) is 8.77. The fourth-order valence-electron chi connectivity index (χ4n) is 3.69. The molecule has 9 nitrogen and oxygen atoms in total. The Morgan fingerprint density at radius 3 is 2.73 bits per heavy atom. The van der Waals surface area contributed by atoms with Crippen molar-refractivity contribution in [3.05, 3.63) is 36.2 Å². The van der Waals surface area contributed by atoms with Crippen molar-refractivity contribution in [1.82, 2.24) is 39.6 Å². The first-order chi connectivity index (χ1) is 12.7. The van der Waals surface area contributed by atoms with Gasteiger partial charge in [-0.25, -0.2) is 9.97 Å². The minimum absolute atomic E-state index is 0.349. The number of aryl methyl sites for hydroxylation is 2. The monoisotopic (exact) mass is 349 g/mol. The van der Waals surface area contributed by atoms with Gasteiger partial charge in [0.05, 0.1) is 11.1 Å². The van der Waals surface area contributed by atoms with Crippen molar-refractivity contribution in [3.63, 3.8) is 0 Å². The fourth-order valence-corrected chi connectivity index (χ4v) is 3.69. The second-order valence-corrected chi connectivity index (χ2v) is 6.80. The third-order valence-corrected chi connectivity index (χ3v) is 4.99. The summed E-state index contributed by atoms with van der Waals surface area (Å²) in [6.07, 6.45) is 5.55. The van der Waals surface area contributed by atoms with Crippen molar-refractivity contribution in [2.45, 2.75) is 25.7 Å². The van der Waals surface area contributed by atoms with E-state index in [4.69, 9.17) is 0 Å². The number of hydrogen-bond donors (Lipinski definition) is 0. The van der Waals surface area contributed by atoms with E-state index in [0.29, 0.717) is 5.92 Å². The van der Waals surface area contributed by atoms with Gasteiger partial charge < -0.3 is 4.90 Å². The summed E-state index contributed by atoms with van der Waals surface area (Å²) in [4.78, 5) is 11.1. The van der Waals surface area contributed by atoms with Gasteiger partial charge >= 0.3 is 0 Å². The van der Waals surface area contributed by atoms with E-state index in [9.17, 15) is 0 Å². The minimum atomic E-state index is 0.349. The number of fused-ring (bicyclic) bond motifs is 2. The van der Waals surface area contributed by atoms with Crippen molar-refractivity contribution < 1.29 is 0 Å². The Kier molecular flexibility index (Phi) is 3.34. The van der Waals surface area contributed by atoms with E-state index in [1.807, 2.05) is 36.8 Å². The van der Waals surface area contributed by atoms with Crippen molar-refractivity contribution >= 4 is 22.5 Å². The van der Waals surface area contributed by atoms with Gasteiger partial charge in [0.1, 0.15) is 12.1 Å². The zero-order valence-electron chi connectivity index (χ0n) is 14.7. The lowest BCUT2D eigenvalue weighted by atomic mass is 9.96. The maximum atomic E-state index is 4.58. The summed E-state index contributed by atoms with van der Waals surface area (Å²) in [5, 5.41) is 18.6. The average Bonchev–Trinajstić information content (AvgIpc) is 3.23. The summed E-state index contributed by atoms with van der Waals surface area (Å²) >= 11 is 0. The van der Waals surface area contributed by atoms with E-state index in [-0.39, 0.29) is 0 Å². The standard InChI is InChI=1S/C17H19N9/c1-11-3-4-14-20-21-16(26(14)22-11)12-5-7-25(8-6-12)17-13-9-24(2)23-15(13)18-10-19-17/h3-4,9-10,12H,5-8H2,1-2H3.